The SMILES string of the molecule is CCN(CC)c1ccc(-c2cccs2)s1. The van der Waals surface area contributed by atoms with Gasteiger partial charge in [-0.3, -0.25) is 0 Å². The molecule has 0 N–H and O–H groups in total. The molecule has 0 saturated carbocycles. The van der Waals surface area contributed by atoms with Crippen LogP contribution in [0.4, 0.5) is 5.00 Å². The molecule has 0 saturated heterocycles. The lowest BCUT2D eigenvalue weighted by Gasteiger charge is -2.17. The minimum Gasteiger partial charge on any atom is -0.364 e. The fourth-order valence-electron chi connectivity index (χ4n) is 1.58. The van der Waals surface area contributed by atoms with E-state index in [1.54, 1.807) is 0 Å². The monoisotopic (exact) mass is 237 g/mol. The van der Waals surface area contributed by atoms with Crippen molar-refractivity contribution < 1.29 is 0 Å². The normalized spacial score (nSPS) is 10.5. The van der Waals surface area contributed by atoms with E-state index >= 15 is 0 Å². The summed E-state index contributed by atoms with van der Waals surface area (Å²) in [5.41, 5.74) is 0. The molecule has 15 heavy (non-hydrogen) atoms. The molecule has 0 unspecified atom stereocenters. The van der Waals surface area contributed by atoms with Crippen LogP contribution in [0.1, 0.15) is 13.8 Å². The summed E-state index contributed by atoms with van der Waals surface area (Å²) in [6.45, 7) is 6.57. The van der Waals surface area contributed by atoms with E-state index in [1.165, 1.54) is 14.8 Å². The molecular weight excluding hydrogens is 222 g/mol. The smallest absolute Gasteiger partial charge is 0.0915 e. The molecule has 2 aromatic rings. The second-order valence-electron chi connectivity index (χ2n) is 3.29. The zero-order valence-corrected chi connectivity index (χ0v) is 10.7. The first-order valence-corrected chi connectivity index (χ1v) is 6.93. The molecule has 2 rings (SSSR count). The summed E-state index contributed by atoms with van der Waals surface area (Å²) >= 11 is 3.69. The second-order valence-corrected chi connectivity index (χ2v) is 5.30. The molecule has 80 valence electrons. The van der Waals surface area contributed by atoms with Crippen molar-refractivity contribution >= 4 is 27.7 Å². The third-order valence-corrected chi connectivity index (χ3v) is 4.64. The van der Waals surface area contributed by atoms with E-state index < -0.39 is 0 Å². The first kappa shape index (κ1) is 10.7. The van der Waals surface area contributed by atoms with Crippen molar-refractivity contribution in [2.24, 2.45) is 0 Å². The van der Waals surface area contributed by atoms with Gasteiger partial charge in [0.2, 0.25) is 0 Å². The second kappa shape index (κ2) is 4.81. The average Bonchev–Trinajstić information content (AvgIpc) is 2.89. The quantitative estimate of drug-likeness (QED) is 0.765. The topological polar surface area (TPSA) is 3.24 Å². The highest BCUT2D eigenvalue weighted by molar-refractivity contribution is 7.23. The van der Waals surface area contributed by atoms with Gasteiger partial charge in [0, 0.05) is 22.8 Å². The summed E-state index contributed by atoms with van der Waals surface area (Å²) in [4.78, 5) is 5.15. The number of hydrogen-bond donors (Lipinski definition) is 0. The van der Waals surface area contributed by atoms with Crippen molar-refractivity contribution in [3.8, 4) is 9.75 Å². The van der Waals surface area contributed by atoms with E-state index in [4.69, 9.17) is 0 Å². The zero-order valence-electron chi connectivity index (χ0n) is 9.06. The van der Waals surface area contributed by atoms with Crippen molar-refractivity contribution in [2.45, 2.75) is 13.8 Å². The third-order valence-electron chi connectivity index (χ3n) is 2.43. The van der Waals surface area contributed by atoms with Gasteiger partial charge in [0.15, 0.2) is 0 Å². The molecule has 3 heteroatoms. The summed E-state index contributed by atoms with van der Waals surface area (Å²) in [5, 5.41) is 3.51. The number of rotatable bonds is 4. The molecule has 0 aromatic carbocycles. The Hall–Kier alpha value is -0.800. The first-order chi connectivity index (χ1) is 7.35. The van der Waals surface area contributed by atoms with E-state index in [0.29, 0.717) is 0 Å². The molecule has 0 spiro atoms. The number of nitrogens with zero attached hydrogens (tertiary/aromatic N) is 1. The van der Waals surface area contributed by atoms with E-state index in [1.807, 2.05) is 22.7 Å². The van der Waals surface area contributed by atoms with Crippen molar-refractivity contribution in [1.82, 2.24) is 0 Å². The van der Waals surface area contributed by atoms with Gasteiger partial charge < -0.3 is 4.90 Å². The van der Waals surface area contributed by atoms with Crippen LogP contribution in [0.5, 0.6) is 0 Å². The Morgan fingerprint density at radius 1 is 1.07 bits per heavy atom. The number of anilines is 1. The van der Waals surface area contributed by atoms with Gasteiger partial charge in [-0.25, -0.2) is 0 Å². The predicted octanol–water partition coefficient (Wildman–Crippen LogP) is 4.32. The highest BCUT2D eigenvalue weighted by Gasteiger charge is 2.07. The Morgan fingerprint density at radius 3 is 2.47 bits per heavy atom. The van der Waals surface area contributed by atoms with E-state index in [2.05, 4.69) is 48.4 Å². The van der Waals surface area contributed by atoms with Gasteiger partial charge in [-0.2, -0.15) is 0 Å². The Kier molecular flexibility index (Phi) is 3.44. The Bertz CT molecular complexity index is 399. The summed E-state index contributed by atoms with van der Waals surface area (Å²) < 4.78 is 0. The van der Waals surface area contributed by atoms with E-state index in [9.17, 15) is 0 Å². The predicted molar refractivity (Wildman–Crippen MR) is 71.2 cm³/mol. The lowest BCUT2D eigenvalue weighted by molar-refractivity contribution is 0.876. The minimum absolute atomic E-state index is 1.08. The van der Waals surface area contributed by atoms with Crippen LogP contribution < -0.4 is 4.90 Å². The van der Waals surface area contributed by atoms with Gasteiger partial charge >= 0.3 is 0 Å². The Labute approximate surface area is 99.0 Å². The van der Waals surface area contributed by atoms with Gasteiger partial charge in [-0.1, -0.05) is 6.07 Å². The fourth-order valence-corrected chi connectivity index (χ4v) is 3.55. The van der Waals surface area contributed by atoms with Crippen LogP contribution in [0.3, 0.4) is 0 Å². The van der Waals surface area contributed by atoms with Crippen LogP contribution in [0.15, 0.2) is 29.6 Å². The highest BCUT2D eigenvalue weighted by Crippen LogP contribution is 2.35. The lowest BCUT2D eigenvalue weighted by atomic mass is 10.4. The highest BCUT2D eigenvalue weighted by atomic mass is 32.1. The molecule has 0 bridgehead atoms. The largest absolute Gasteiger partial charge is 0.364 e. The zero-order chi connectivity index (χ0) is 10.7. The van der Waals surface area contributed by atoms with Crippen molar-refractivity contribution in [3.05, 3.63) is 29.6 Å². The Balaban J connectivity index is 2.24. The molecule has 0 amide bonds. The van der Waals surface area contributed by atoms with Gasteiger partial charge in [-0.05, 0) is 37.4 Å². The third kappa shape index (κ3) is 2.24. The van der Waals surface area contributed by atoms with Gasteiger partial charge in [-0.15, -0.1) is 22.7 Å². The minimum atomic E-state index is 1.08. The summed E-state index contributed by atoms with van der Waals surface area (Å²) in [5.74, 6) is 0. The summed E-state index contributed by atoms with van der Waals surface area (Å²) in [6, 6.07) is 8.75. The molecule has 1 nitrogen and oxygen atoms in total. The van der Waals surface area contributed by atoms with Crippen LogP contribution in [0, 0.1) is 0 Å². The molecule has 0 aliphatic rings. The van der Waals surface area contributed by atoms with Gasteiger partial charge in [0.05, 0.1) is 5.00 Å². The van der Waals surface area contributed by atoms with Crippen molar-refractivity contribution in [2.75, 3.05) is 18.0 Å². The maximum absolute atomic E-state index is 2.39. The molecule has 0 radical (unpaired) electrons. The molecule has 2 aromatic heterocycles. The van der Waals surface area contributed by atoms with Crippen molar-refractivity contribution in [1.29, 1.82) is 0 Å². The maximum atomic E-state index is 2.39. The molecule has 0 aliphatic heterocycles. The molecule has 0 fully saturated rings. The number of thiophene rings is 2. The molecule has 0 aliphatic carbocycles. The maximum Gasteiger partial charge on any atom is 0.0915 e. The van der Waals surface area contributed by atoms with Crippen LogP contribution >= 0.6 is 22.7 Å². The van der Waals surface area contributed by atoms with Gasteiger partial charge in [0.25, 0.3) is 0 Å². The van der Waals surface area contributed by atoms with Crippen LogP contribution in [-0.2, 0) is 0 Å². The Morgan fingerprint density at radius 2 is 1.87 bits per heavy atom. The fraction of sp³-hybridized carbons (Fsp3) is 0.333. The molecule has 0 atom stereocenters. The summed E-state index contributed by atoms with van der Waals surface area (Å²) in [7, 11) is 0. The molecule has 2 heterocycles. The lowest BCUT2D eigenvalue weighted by Crippen LogP contribution is -2.20. The summed E-state index contributed by atoms with van der Waals surface area (Å²) in [6.07, 6.45) is 0. The standard InChI is InChI=1S/C12H15NS2/c1-3-13(4-2)12-8-7-11(15-12)10-6-5-9-14-10/h5-9H,3-4H2,1-2H3. The first-order valence-electron chi connectivity index (χ1n) is 5.23. The average molecular weight is 237 g/mol. The number of hydrogen-bond acceptors (Lipinski definition) is 3. The van der Waals surface area contributed by atoms with Crippen LogP contribution in [0.2, 0.25) is 0 Å². The van der Waals surface area contributed by atoms with Gasteiger partial charge in [0.1, 0.15) is 0 Å². The van der Waals surface area contributed by atoms with Crippen LogP contribution in [0.25, 0.3) is 9.75 Å². The van der Waals surface area contributed by atoms with Crippen molar-refractivity contribution in [3.63, 3.8) is 0 Å². The van der Waals surface area contributed by atoms with E-state index in [-0.39, 0.29) is 0 Å². The van der Waals surface area contributed by atoms with Crippen LogP contribution in [-0.4, -0.2) is 13.1 Å². The van der Waals surface area contributed by atoms with E-state index in [0.717, 1.165) is 13.1 Å². The molecular formula is C12H15NS2.